The van der Waals surface area contributed by atoms with Gasteiger partial charge in [-0.15, -0.1) is 0 Å². The maximum Gasteiger partial charge on any atom is 0.256 e. The molecule has 2 rings (SSSR count). The molecule has 2 N–H and O–H groups in total. The maximum atomic E-state index is 13.4. The minimum atomic E-state index is -0.521. The molecule has 0 aliphatic heterocycles. The lowest BCUT2D eigenvalue weighted by Gasteiger charge is -2.23. The fourth-order valence-electron chi connectivity index (χ4n) is 2.04. The minimum absolute atomic E-state index is 0.0374. The van der Waals surface area contributed by atoms with Crippen LogP contribution in [0, 0.1) is 5.82 Å². The molecule has 0 bridgehead atoms. The number of halogens is 1. The van der Waals surface area contributed by atoms with E-state index in [1.165, 1.54) is 12.1 Å². The highest BCUT2D eigenvalue weighted by atomic mass is 19.1. The molecule has 1 aromatic carbocycles. The molecule has 1 fully saturated rings. The average Bonchev–Trinajstić information content (AvgIpc) is 3.17. The van der Waals surface area contributed by atoms with Gasteiger partial charge in [-0.3, -0.25) is 4.79 Å². The Labute approximate surface area is 107 Å². The van der Waals surface area contributed by atoms with E-state index in [9.17, 15) is 9.18 Å². The maximum absolute atomic E-state index is 13.4. The number of nitrogens with two attached hydrogens (primary N) is 1. The van der Waals surface area contributed by atoms with E-state index < -0.39 is 5.82 Å². The first-order chi connectivity index (χ1) is 8.65. The van der Waals surface area contributed by atoms with Crippen molar-refractivity contribution < 1.29 is 9.18 Å². The molecule has 0 spiro atoms. The van der Waals surface area contributed by atoms with Crippen molar-refractivity contribution in [3.05, 3.63) is 29.6 Å². The van der Waals surface area contributed by atoms with Gasteiger partial charge in [-0.2, -0.15) is 0 Å². The molecule has 3 nitrogen and oxygen atoms in total. The Kier molecular flexibility index (Phi) is 3.84. The van der Waals surface area contributed by atoms with E-state index in [1.807, 2.05) is 4.90 Å². The Hall–Kier alpha value is -1.58. The largest absolute Gasteiger partial charge is 0.396 e. The zero-order valence-electron chi connectivity index (χ0n) is 10.7. The van der Waals surface area contributed by atoms with Gasteiger partial charge in [-0.25, -0.2) is 4.39 Å². The van der Waals surface area contributed by atoms with E-state index in [-0.39, 0.29) is 17.2 Å². The summed E-state index contributed by atoms with van der Waals surface area (Å²) in [6, 6.07) is 4.73. The van der Waals surface area contributed by atoms with Crippen LogP contribution in [-0.4, -0.2) is 23.4 Å². The number of rotatable bonds is 5. The van der Waals surface area contributed by atoms with Crippen LogP contribution in [0.25, 0.3) is 0 Å². The molecular formula is C14H19FN2O. The number of hydrogen-bond acceptors (Lipinski definition) is 2. The molecule has 1 aromatic rings. The minimum Gasteiger partial charge on any atom is -0.396 e. The third kappa shape index (κ3) is 2.63. The zero-order valence-corrected chi connectivity index (χ0v) is 10.7. The number of amides is 1. The number of nitrogens with zero attached hydrogens (tertiary/aromatic N) is 1. The number of benzene rings is 1. The van der Waals surface area contributed by atoms with Gasteiger partial charge in [0.25, 0.3) is 5.91 Å². The van der Waals surface area contributed by atoms with Crippen LogP contribution in [0.1, 0.15) is 43.0 Å². The van der Waals surface area contributed by atoms with Gasteiger partial charge >= 0.3 is 0 Å². The summed E-state index contributed by atoms with van der Waals surface area (Å²) in [4.78, 5) is 14.2. The van der Waals surface area contributed by atoms with Crippen molar-refractivity contribution in [1.82, 2.24) is 4.90 Å². The highest BCUT2D eigenvalue weighted by Crippen LogP contribution is 2.30. The van der Waals surface area contributed by atoms with E-state index >= 15 is 0 Å². The second-order valence-corrected chi connectivity index (χ2v) is 4.78. The molecule has 0 unspecified atom stereocenters. The summed E-state index contributed by atoms with van der Waals surface area (Å²) in [6.07, 6.45) is 4.10. The van der Waals surface area contributed by atoms with Crippen molar-refractivity contribution in [2.75, 3.05) is 12.3 Å². The number of carbonyl (C=O) groups is 1. The summed E-state index contributed by atoms with van der Waals surface area (Å²) >= 11 is 0. The van der Waals surface area contributed by atoms with Gasteiger partial charge in [0.05, 0.1) is 11.3 Å². The highest BCUT2D eigenvalue weighted by Gasteiger charge is 2.33. The number of para-hydroxylation sites is 1. The van der Waals surface area contributed by atoms with Crippen LogP contribution in [0.4, 0.5) is 10.1 Å². The molecular weight excluding hydrogens is 231 g/mol. The second-order valence-electron chi connectivity index (χ2n) is 4.78. The Morgan fingerprint density at radius 2 is 2.22 bits per heavy atom. The Morgan fingerprint density at radius 1 is 1.50 bits per heavy atom. The lowest BCUT2D eigenvalue weighted by Crippen LogP contribution is -2.34. The third-order valence-corrected chi connectivity index (χ3v) is 3.28. The van der Waals surface area contributed by atoms with Gasteiger partial charge in [0, 0.05) is 12.6 Å². The third-order valence-electron chi connectivity index (χ3n) is 3.28. The van der Waals surface area contributed by atoms with Crippen LogP contribution in [0.5, 0.6) is 0 Å². The summed E-state index contributed by atoms with van der Waals surface area (Å²) in [5.74, 6) is -0.657. The fourth-order valence-corrected chi connectivity index (χ4v) is 2.04. The highest BCUT2D eigenvalue weighted by molar-refractivity contribution is 5.99. The van der Waals surface area contributed by atoms with Crippen LogP contribution >= 0.6 is 0 Å². The van der Waals surface area contributed by atoms with Crippen LogP contribution in [0.2, 0.25) is 0 Å². The van der Waals surface area contributed by atoms with Crippen molar-refractivity contribution in [3.63, 3.8) is 0 Å². The van der Waals surface area contributed by atoms with E-state index in [4.69, 9.17) is 5.73 Å². The predicted molar refractivity (Wildman–Crippen MR) is 69.8 cm³/mol. The van der Waals surface area contributed by atoms with E-state index in [2.05, 4.69) is 6.92 Å². The summed E-state index contributed by atoms with van der Waals surface area (Å²) in [7, 11) is 0. The molecule has 1 aliphatic carbocycles. The van der Waals surface area contributed by atoms with Crippen molar-refractivity contribution in [2.24, 2.45) is 0 Å². The summed E-state index contributed by atoms with van der Waals surface area (Å²) < 4.78 is 13.4. The molecule has 0 saturated heterocycles. The molecule has 1 amide bonds. The average molecular weight is 250 g/mol. The Balaban J connectivity index is 2.19. The fraction of sp³-hybridized carbons (Fsp3) is 0.500. The topological polar surface area (TPSA) is 46.3 Å². The van der Waals surface area contributed by atoms with E-state index in [1.54, 1.807) is 6.07 Å². The summed E-state index contributed by atoms with van der Waals surface area (Å²) in [5, 5.41) is 0. The SMILES string of the molecule is CCCCN(C(=O)c1cccc(F)c1N)C1CC1. The first kappa shape index (κ1) is 12.9. The molecule has 0 aromatic heterocycles. The Morgan fingerprint density at radius 3 is 2.83 bits per heavy atom. The monoisotopic (exact) mass is 250 g/mol. The van der Waals surface area contributed by atoms with Crippen LogP contribution < -0.4 is 5.73 Å². The van der Waals surface area contributed by atoms with Gasteiger partial charge in [0.1, 0.15) is 5.82 Å². The standard InChI is InChI=1S/C14H19FN2O/c1-2-3-9-17(10-7-8-10)14(18)11-5-4-6-12(15)13(11)16/h4-6,10H,2-3,7-9,16H2,1H3. The second kappa shape index (κ2) is 5.38. The number of nitrogen functional groups attached to an aromatic ring is 1. The van der Waals surface area contributed by atoms with Crippen molar-refractivity contribution >= 4 is 11.6 Å². The quantitative estimate of drug-likeness (QED) is 0.817. The predicted octanol–water partition coefficient (Wildman–Crippen LogP) is 2.81. The van der Waals surface area contributed by atoms with Gasteiger partial charge in [-0.05, 0) is 31.4 Å². The van der Waals surface area contributed by atoms with Gasteiger partial charge in [0.2, 0.25) is 0 Å². The van der Waals surface area contributed by atoms with Crippen LogP contribution in [0.3, 0.4) is 0 Å². The van der Waals surface area contributed by atoms with Gasteiger partial charge < -0.3 is 10.6 Å². The smallest absolute Gasteiger partial charge is 0.256 e. The van der Waals surface area contributed by atoms with E-state index in [0.717, 1.165) is 32.2 Å². The molecule has 18 heavy (non-hydrogen) atoms. The molecule has 0 atom stereocenters. The molecule has 0 radical (unpaired) electrons. The number of anilines is 1. The first-order valence-corrected chi connectivity index (χ1v) is 6.50. The van der Waals surface area contributed by atoms with E-state index in [0.29, 0.717) is 6.04 Å². The van der Waals surface area contributed by atoms with Crippen molar-refractivity contribution in [2.45, 2.75) is 38.6 Å². The van der Waals surface area contributed by atoms with Crippen LogP contribution in [0.15, 0.2) is 18.2 Å². The van der Waals surface area contributed by atoms with Crippen molar-refractivity contribution in [3.8, 4) is 0 Å². The van der Waals surface area contributed by atoms with Gasteiger partial charge in [-0.1, -0.05) is 19.4 Å². The lowest BCUT2D eigenvalue weighted by molar-refractivity contribution is 0.0741. The summed E-state index contributed by atoms with van der Waals surface area (Å²) in [6.45, 7) is 2.82. The molecule has 1 aliphatic rings. The zero-order chi connectivity index (χ0) is 13.1. The first-order valence-electron chi connectivity index (χ1n) is 6.50. The van der Waals surface area contributed by atoms with Crippen LogP contribution in [-0.2, 0) is 0 Å². The lowest BCUT2D eigenvalue weighted by atomic mass is 10.1. The normalized spacial score (nSPS) is 14.6. The molecule has 1 saturated carbocycles. The molecule has 0 heterocycles. The number of hydrogen-bond donors (Lipinski definition) is 1. The molecule has 98 valence electrons. The number of unbranched alkanes of at least 4 members (excludes halogenated alkanes) is 1. The van der Waals surface area contributed by atoms with Crippen molar-refractivity contribution in [1.29, 1.82) is 0 Å². The number of carbonyl (C=O) groups excluding carboxylic acids is 1. The van der Waals surface area contributed by atoms with Gasteiger partial charge in [0.15, 0.2) is 0 Å². The summed E-state index contributed by atoms with van der Waals surface area (Å²) in [5.41, 5.74) is 5.90. The Bertz CT molecular complexity index is 443. The molecule has 4 heteroatoms.